The lowest BCUT2D eigenvalue weighted by Crippen LogP contribution is -2.37. The van der Waals surface area contributed by atoms with Crippen molar-refractivity contribution in [3.8, 4) is 0 Å². The summed E-state index contributed by atoms with van der Waals surface area (Å²) in [6.45, 7) is 4.06. The molecule has 0 amide bonds. The van der Waals surface area contributed by atoms with Crippen LogP contribution in [0.3, 0.4) is 0 Å². The van der Waals surface area contributed by atoms with Crippen LogP contribution in [0.15, 0.2) is 43.0 Å². The molecule has 2 aliphatic rings. The maximum atomic E-state index is 5.43. The summed E-state index contributed by atoms with van der Waals surface area (Å²) < 4.78 is 5.43. The summed E-state index contributed by atoms with van der Waals surface area (Å²) in [4.78, 5) is 22.5. The van der Waals surface area contributed by atoms with Gasteiger partial charge in [0.1, 0.15) is 11.5 Å². The van der Waals surface area contributed by atoms with Gasteiger partial charge in [0, 0.05) is 66.0 Å². The van der Waals surface area contributed by atoms with Gasteiger partial charge in [0.05, 0.1) is 13.2 Å². The van der Waals surface area contributed by atoms with E-state index in [1.54, 1.807) is 0 Å². The van der Waals surface area contributed by atoms with Crippen LogP contribution < -0.4 is 9.80 Å². The zero-order valence-electron chi connectivity index (χ0n) is 14.8. The summed E-state index contributed by atoms with van der Waals surface area (Å²) in [6.07, 6.45) is 7.84. The highest BCUT2D eigenvalue weighted by Crippen LogP contribution is 2.35. The lowest BCUT2D eigenvalue weighted by Gasteiger charge is -2.29. The van der Waals surface area contributed by atoms with Crippen molar-refractivity contribution in [3.05, 3.63) is 48.6 Å². The van der Waals surface area contributed by atoms with E-state index in [1.807, 2.05) is 36.4 Å². The van der Waals surface area contributed by atoms with Gasteiger partial charge in [-0.2, -0.15) is 4.98 Å². The molecular weight excluding hydrogens is 360 g/mol. The third-order valence-electron chi connectivity index (χ3n) is 4.80. The predicted molar refractivity (Wildman–Crippen MR) is 109 cm³/mol. The topological polar surface area (TPSA) is 70.2 Å². The molecule has 0 unspecified atom stereocenters. The summed E-state index contributed by atoms with van der Waals surface area (Å²) >= 11 is 1.87. The third-order valence-corrected chi connectivity index (χ3v) is 5.83. The highest BCUT2D eigenvalue weighted by Gasteiger charge is 2.19. The van der Waals surface area contributed by atoms with Crippen molar-refractivity contribution in [1.82, 2.24) is 19.9 Å². The normalized spacial score (nSPS) is 18.0. The minimum atomic E-state index is 0.729. The molecule has 5 rings (SSSR count). The second-order valence-electron chi connectivity index (χ2n) is 6.45. The van der Waals surface area contributed by atoms with Crippen LogP contribution in [0.1, 0.15) is 5.56 Å². The van der Waals surface area contributed by atoms with Crippen LogP contribution >= 0.6 is 11.8 Å². The molecule has 1 fully saturated rings. The number of rotatable bonds is 3. The van der Waals surface area contributed by atoms with E-state index in [1.165, 1.54) is 10.5 Å². The van der Waals surface area contributed by atoms with E-state index in [4.69, 9.17) is 9.72 Å². The fourth-order valence-electron chi connectivity index (χ4n) is 3.42. The summed E-state index contributed by atoms with van der Waals surface area (Å²) in [7, 11) is 0. The van der Waals surface area contributed by atoms with E-state index in [9.17, 15) is 0 Å². The zero-order chi connectivity index (χ0) is 18.1. The lowest BCUT2D eigenvalue weighted by atomic mass is 10.2. The van der Waals surface area contributed by atoms with Crippen LogP contribution in [-0.4, -0.2) is 58.5 Å². The number of anilines is 2. The molecule has 5 heterocycles. The summed E-state index contributed by atoms with van der Waals surface area (Å²) in [5, 5.41) is 1.15. The summed E-state index contributed by atoms with van der Waals surface area (Å²) in [5.41, 5.74) is 2.13. The standard InChI is InChI=1S/C19H20N6OS/c1-4-20-18-15(2-5-21-18)14(1)16-13-25(9-12-27-16)17-3-6-22-19(23-17)24-7-10-26-11-8-24/h1-6,13H,7-12H2,(H,20,21). The van der Waals surface area contributed by atoms with Gasteiger partial charge >= 0.3 is 0 Å². The van der Waals surface area contributed by atoms with Crippen molar-refractivity contribution >= 4 is 39.5 Å². The van der Waals surface area contributed by atoms with Crippen LogP contribution in [0, 0.1) is 0 Å². The van der Waals surface area contributed by atoms with E-state index < -0.39 is 0 Å². The smallest absolute Gasteiger partial charge is 0.227 e. The van der Waals surface area contributed by atoms with Crippen LogP contribution in [0.2, 0.25) is 0 Å². The average Bonchev–Trinajstić information content (AvgIpc) is 3.24. The molecule has 0 aliphatic carbocycles. The van der Waals surface area contributed by atoms with Crippen LogP contribution in [0.5, 0.6) is 0 Å². The Hall–Kier alpha value is -2.58. The molecule has 0 bridgehead atoms. The highest BCUT2D eigenvalue weighted by atomic mass is 32.2. The first-order chi connectivity index (χ1) is 13.4. The molecule has 1 saturated heterocycles. The maximum absolute atomic E-state index is 5.43. The van der Waals surface area contributed by atoms with E-state index in [0.717, 1.165) is 61.4 Å². The second-order valence-corrected chi connectivity index (χ2v) is 7.58. The minimum Gasteiger partial charge on any atom is -0.378 e. The predicted octanol–water partition coefficient (Wildman–Crippen LogP) is 2.74. The molecule has 0 atom stereocenters. The Morgan fingerprint density at radius 2 is 1.93 bits per heavy atom. The highest BCUT2D eigenvalue weighted by molar-refractivity contribution is 8.08. The van der Waals surface area contributed by atoms with Crippen molar-refractivity contribution < 1.29 is 4.74 Å². The van der Waals surface area contributed by atoms with E-state index in [-0.39, 0.29) is 0 Å². The number of hydrogen-bond donors (Lipinski definition) is 1. The summed E-state index contributed by atoms with van der Waals surface area (Å²) in [5.74, 6) is 2.72. The number of nitrogens with zero attached hydrogens (tertiary/aromatic N) is 5. The van der Waals surface area contributed by atoms with Crippen molar-refractivity contribution in [1.29, 1.82) is 0 Å². The molecule has 8 heteroatoms. The molecule has 3 aromatic heterocycles. The number of thioether (sulfide) groups is 1. The SMILES string of the molecule is C1=C(c2ccnc3[nH]ccc23)SCCN1c1ccnc(N2CCOCC2)n1. The van der Waals surface area contributed by atoms with Gasteiger partial charge in [-0.1, -0.05) is 0 Å². The Kier molecular flexibility index (Phi) is 4.43. The molecular formula is C19H20N6OS. The lowest BCUT2D eigenvalue weighted by molar-refractivity contribution is 0.122. The van der Waals surface area contributed by atoms with Crippen molar-refractivity contribution in [2.75, 3.05) is 48.4 Å². The first-order valence-electron chi connectivity index (χ1n) is 9.08. The number of morpholine rings is 1. The molecule has 7 nitrogen and oxygen atoms in total. The minimum absolute atomic E-state index is 0.729. The quantitative estimate of drug-likeness (QED) is 0.749. The Balaban J connectivity index is 1.47. The fraction of sp³-hybridized carbons (Fsp3) is 0.316. The van der Waals surface area contributed by atoms with Crippen molar-refractivity contribution in [2.24, 2.45) is 0 Å². The number of H-pyrrole nitrogens is 1. The van der Waals surface area contributed by atoms with Crippen molar-refractivity contribution in [2.45, 2.75) is 0 Å². The number of hydrogen-bond acceptors (Lipinski definition) is 7. The molecule has 27 heavy (non-hydrogen) atoms. The number of nitrogens with one attached hydrogen (secondary N) is 1. The first kappa shape index (κ1) is 16.6. The Labute approximate surface area is 161 Å². The van der Waals surface area contributed by atoms with Gasteiger partial charge in [0.2, 0.25) is 5.95 Å². The van der Waals surface area contributed by atoms with E-state index >= 15 is 0 Å². The average molecular weight is 380 g/mol. The van der Waals surface area contributed by atoms with Crippen LogP contribution in [0.4, 0.5) is 11.8 Å². The van der Waals surface area contributed by atoms with Gasteiger partial charge in [-0.25, -0.2) is 9.97 Å². The molecule has 2 aliphatic heterocycles. The van der Waals surface area contributed by atoms with Gasteiger partial charge in [-0.3, -0.25) is 0 Å². The molecule has 0 aromatic carbocycles. The Bertz CT molecular complexity index is 981. The Morgan fingerprint density at radius 1 is 1.04 bits per heavy atom. The number of ether oxygens (including phenoxy) is 1. The van der Waals surface area contributed by atoms with Gasteiger partial charge in [0.15, 0.2) is 0 Å². The number of aromatic amines is 1. The monoisotopic (exact) mass is 380 g/mol. The van der Waals surface area contributed by atoms with Crippen LogP contribution in [0.25, 0.3) is 15.9 Å². The largest absolute Gasteiger partial charge is 0.378 e. The molecule has 1 N–H and O–H groups in total. The maximum Gasteiger partial charge on any atom is 0.227 e. The van der Waals surface area contributed by atoms with Gasteiger partial charge in [-0.05, 0) is 18.2 Å². The molecule has 0 radical (unpaired) electrons. The van der Waals surface area contributed by atoms with E-state index in [2.05, 4.69) is 43.1 Å². The first-order valence-corrected chi connectivity index (χ1v) is 10.1. The van der Waals surface area contributed by atoms with Gasteiger partial charge in [-0.15, -0.1) is 11.8 Å². The van der Waals surface area contributed by atoms with E-state index in [0.29, 0.717) is 0 Å². The fourth-order valence-corrected chi connectivity index (χ4v) is 4.46. The molecule has 0 spiro atoms. The number of aromatic nitrogens is 4. The molecule has 3 aromatic rings. The third kappa shape index (κ3) is 3.26. The number of fused-ring (bicyclic) bond motifs is 1. The molecule has 138 valence electrons. The van der Waals surface area contributed by atoms with Crippen LogP contribution in [-0.2, 0) is 4.74 Å². The number of pyridine rings is 1. The second kappa shape index (κ2) is 7.21. The zero-order valence-corrected chi connectivity index (χ0v) is 15.7. The van der Waals surface area contributed by atoms with Crippen molar-refractivity contribution in [3.63, 3.8) is 0 Å². The van der Waals surface area contributed by atoms with Gasteiger partial charge < -0.3 is 19.5 Å². The Morgan fingerprint density at radius 3 is 2.85 bits per heavy atom. The van der Waals surface area contributed by atoms with Gasteiger partial charge in [0.25, 0.3) is 0 Å². The summed E-state index contributed by atoms with van der Waals surface area (Å²) in [6, 6.07) is 6.14. The molecule has 0 saturated carbocycles.